The van der Waals surface area contributed by atoms with E-state index in [9.17, 15) is 14.0 Å². The highest BCUT2D eigenvalue weighted by Gasteiger charge is 2.13. The first-order chi connectivity index (χ1) is 8.41. The second-order valence-corrected chi connectivity index (χ2v) is 4.26. The van der Waals surface area contributed by atoms with Crippen LogP contribution in [0.3, 0.4) is 0 Å². The smallest absolute Gasteiger partial charge is 0.303 e. The van der Waals surface area contributed by atoms with E-state index in [0.717, 1.165) is 6.07 Å². The van der Waals surface area contributed by atoms with Crippen molar-refractivity contribution in [3.63, 3.8) is 0 Å². The summed E-state index contributed by atoms with van der Waals surface area (Å²) in [5.41, 5.74) is 0.190. The number of carbonyl (C=O) groups excluding carboxylic acids is 1. The SMILES string of the molecule is CN(CCCC(=O)O)C(=O)c1ccc(Cl)c(F)c1. The van der Waals surface area contributed by atoms with Gasteiger partial charge in [0.2, 0.25) is 0 Å². The third-order valence-corrected chi connectivity index (χ3v) is 2.70. The Morgan fingerprint density at radius 3 is 2.67 bits per heavy atom. The normalized spacial score (nSPS) is 10.2. The summed E-state index contributed by atoms with van der Waals surface area (Å²) in [6.07, 6.45) is 0.347. The standard InChI is InChI=1S/C12H13ClFNO3/c1-15(6-2-3-11(16)17)12(18)8-4-5-9(13)10(14)7-8/h4-5,7H,2-3,6H2,1H3,(H,16,17). The van der Waals surface area contributed by atoms with E-state index in [-0.39, 0.29) is 22.9 Å². The molecule has 0 bridgehead atoms. The van der Waals surface area contributed by atoms with Gasteiger partial charge >= 0.3 is 5.97 Å². The lowest BCUT2D eigenvalue weighted by Gasteiger charge is -2.16. The molecule has 0 aliphatic rings. The van der Waals surface area contributed by atoms with Gasteiger partial charge in [0.25, 0.3) is 5.91 Å². The van der Waals surface area contributed by atoms with E-state index in [4.69, 9.17) is 16.7 Å². The molecule has 1 aromatic rings. The van der Waals surface area contributed by atoms with E-state index in [1.165, 1.54) is 24.1 Å². The van der Waals surface area contributed by atoms with Gasteiger partial charge in [-0.15, -0.1) is 0 Å². The van der Waals surface area contributed by atoms with Crippen molar-refractivity contribution in [2.75, 3.05) is 13.6 Å². The molecule has 0 atom stereocenters. The molecule has 0 aliphatic heterocycles. The van der Waals surface area contributed by atoms with Gasteiger partial charge in [0.1, 0.15) is 5.82 Å². The number of carbonyl (C=O) groups is 2. The first-order valence-corrected chi connectivity index (χ1v) is 5.72. The van der Waals surface area contributed by atoms with Crippen LogP contribution in [0.5, 0.6) is 0 Å². The Bertz CT molecular complexity index is 465. The van der Waals surface area contributed by atoms with Gasteiger partial charge < -0.3 is 10.0 Å². The summed E-state index contributed by atoms with van der Waals surface area (Å²) in [6.45, 7) is 0.301. The van der Waals surface area contributed by atoms with Crippen LogP contribution < -0.4 is 0 Å². The van der Waals surface area contributed by atoms with Crippen LogP contribution in [0, 0.1) is 5.82 Å². The predicted octanol–water partition coefficient (Wildman–Crippen LogP) is 2.42. The van der Waals surface area contributed by atoms with Crippen LogP contribution in [0.2, 0.25) is 5.02 Å². The van der Waals surface area contributed by atoms with Crippen molar-refractivity contribution in [3.8, 4) is 0 Å². The average Bonchev–Trinajstić information content (AvgIpc) is 2.31. The molecular formula is C12H13ClFNO3. The first-order valence-electron chi connectivity index (χ1n) is 5.34. The minimum atomic E-state index is -0.909. The van der Waals surface area contributed by atoms with Crippen LogP contribution in [0.1, 0.15) is 23.2 Å². The number of nitrogens with zero attached hydrogens (tertiary/aromatic N) is 1. The Morgan fingerprint density at radius 2 is 2.11 bits per heavy atom. The summed E-state index contributed by atoms with van der Waals surface area (Å²) in [6, 6.07) is 3.81. The maximum absolute atomic E-state index is 13.2. The number of halogens is 2. The summed E-state index contributed by atoms with van der Waals surface area (Å²) in [5.74, 6) is -1.93. The van der Waals surface area contributed by atoms with Gasteiger partial charge in [-0.3, -0.25) is 9.59 Å². The van der Waals surface area contributed by atoms with E-state index >= 15 is 0 Å². The maximum atomic E-state index is 13.2. The molecule has 0 radical (unpaired) electrons. The molecule has 0 aliphatic carbocycles. The average molecular weight is 274 g/mol. The molecule has 1 aromatic carbocycles. The molecule has 6 heteroatoms. The number of hydrogen-bond donors (Lipinski definition) is 1. The Morgan fingerprint density at radius 1 is 1.44 bits per heavy atom. The third-order valence-electron chi connectivity index (χ3n) is 2.40. The quantitative estimate of drug-likeness (QED) is 0.896. The highest BCUT2D eigenvalue weighted by molar-refractivity contribution is 6.30. The molecule has 1 N–H and O–H groups in total. The lowest BCUT2D eigenvalue weighted by atomic mass is 10.2. The number of amides is 1. The first kappa shape index (κ1) is 14.4. The number of benzene rings is 1. The highest BCUT2D eigenvalue weighted by Crippen LogP contribution is 2.16. The van der Waals surface area contributed by atoms with Gasteiger partial charge in [0.05, 0.1) is 5.02 Å². The number of carboxylic acid groups (broad SMARTS) is 1. The predicted molar refractivity (Wildman–Crippen MR) is 65.2 cm³/mol. The van der Waals surface area contributed by atoms with E-state index in [1.54, 1.807) is 0 Å². The minimum Gasteiger partial charge on any atom is -0.481 e. The minimum absolute atomic E-state index is 0.00734. The van der Waals surface area contributed by atoms with E-state index in [2.05, 4.69) is 0 Å². The van der Waals surface area contributed by atoms with Crippen molar-refractivity contribution >= 4 is 23.5 Å². The number of hydrogen-bond acceptors (Lipinski definition) is 2. The monoisotopic (exact) mass is 273 g/mol. The fourth-order valence-electron chi connectivity index (χ4n) is 1.42. The van der Waals surface area contributed by atoms with Crippen molar-refractivity contribution in [1.82, 2.24) is 4.90 Å². The van der Waals surface area contributed by atoms with Crippen LogP contribution in [0.15, 0.2) is 18.2 Å². The molecule has 4 nitrogen and oxygen atoms in total. The van der Waals surface area contributed by atoms with Crippen LogP contribution in [0.25, 0.3) is 0 Å². The Labute approximate surface area is 109 Å². The number of rotatable bonds is 5. The summed E-state index contributed by atoms with van der Waals surface area (Å²) in [7, 11) is 1.54. The van der Waals surface area contributed by atoms with Crippen molar-refractivity contribution in [3.05, 3.63) is 34.6 Å². The Hall–Kier alpha value is -1.62. The zero-order chi connectivity index (χ0) is 13.7. The maximum Gasteiger partial charge on any atom is 0.303 e. The largest absolute Gasteiger partial charge is 0.481 e. The molecule has 1 rings (SSSR count). The van der Waals surface area contributed by atoms with Crippen LogP contribution in [0.4, 0.5) is 4.39 Å². The van der Waals surface area contributed by atoms with Gasteiger partial charge in [-0.05, 0) is 24.6 Å². The molecular weight excluding hydrogens is 261 g/mol. The van der Waals surface area contributed by atoms with Gasteiger partial charge in [0.15, 0.2) is 0 Å². The van der Waals surface area contributed by atoms with Gasteiger partial charge in [0, 0.05) is 25.6 Å². The van der Waals surface area contributed by atoms with Gasteiger partial charge in [-0.2, -0.15) is 0 Å². The lowest BCUT2D eigenvalue weighted by Crippen LogP contribution is -2.28. The lowest BCUT2D eigenvalue weighted by molar-refractivity contribution is -0.137. The van der Waals surface area contributed by atoms with Crippen molar-refractivity contribution < 1.29 is 19.1 Å². The summed E-state index contributed by atoms with van der Waals surface area (Å²) in [5, 5.41) is 8.44. The molecule has 0 unspecified atom stereocenters. The van der Waals surface area contributed by atoms with Crippen molar-refractivity contribution in [1.29, 1.82) is 0 Å². The fraction of sp³-hybridized carbons (Fsp3) is 0.333. The molecule has 1 amide bonds. The number of aliphatic carboxylic acids is 1. The number of carboxylic acids is 1. The Kier molecular flexibility index (Phi) is 5.09. The molecule has 0 saturated heterocycles. The van der Waals surface area contributed by atoms with Crippen molar-refractivity contribution in [2.24, 2.45) is 0 Å². The van der Waals surface area contributed by atoms with Gasteiger partial charge in [-0.25, -0.2) is 4.39 Å². The third kappa shape index (κ3) is 4.00. The van der Waals surface area contributed by atoms with Crippen LogP contribution in [-0.4, -0.2) is 35.5 Å². The van der Waals surface area contributed by atoms with E-state index in [1.807, 2.05) is 0 Å². The van der Waals surface area contributed by atoms with Crippen LogP contribution in [-0.2, 0) is 4.79 Å². The summed E-state index contributed by atoms with van der Waals surface area (Å²) < 4.78 is 13.2. The summed E-state index contributed by atoms with van der Waals surface area (Å²) in [4.78, 5) is 23.5. The molecule has 0 fully saturated rings. The molecule has 0 aromatic heterocycles. The Balaban J connectivity index is 2.62. The molecule has 0 heterocycles. The fourth-order valence-corrected chi connectivity index (χ4v) is 1.54. The van der Waals surface area contributed by atoms with Gasteiger partial charge in [-0.1, -0.05) is 11.6 Å². The molecule has 18 heavy (non-hydrogen) atoms. The van der Waals surface area contributed by atoms with Crippen molar-refractivity contribution in [2.45, 2.75) is 12.8 Å². The van der Waals surface area contributed by atoms with Crippen LogP contribution >= 0.6 is 11.6 Å². The summed E-state index contributed by atoms with van der Waals surface area (Å²) >= 11 is 5.52. The molecule has 0 spiro atoms. The second-order valence-electron chi connectivity index (χ2n) is 3.85. The van der Waals surface area contributed by atoms with E-state index < -0.39 is 11.8 Å². The molecule has 98 valence electrons. The second kappa shape index (κ2) is 6.35. The highest BCUT2D eigenvalue weighted by atomic mass is 35.5. The zero-order valence-electron chi connectivity index (χ0n) is 9.82. The zero-order valence-corrected chi connectivity index (χ0v) is 10.6. The topological polar surface area (TPSA) is 57.6 Å². The van der Waals surface area contributed by atoms with E-state index in [0.29, 0.717) is 13.0 Å². The molecule has 0 saturated carbocycles.